The molecule has 0 fully saturated rings. The Kier molecular flexibility index (Phi) is 4.11. The summed E-state index contributed by atoms with van der Waals surface area (Å²) < 4.78 is -0.865. The Morgan fingerprint density at radius 1 is 1.75 bits per heavy atom. The third-order valence-corrected chi connectivity index (χ3v) is 2.95. The summed E-state index contributed by atoms with van der Waals surface area (Å²) in [7, 11) is 0. The van der Waals surface area contributed by atoms with Crippen molar-refractivity contribution in [1.29, 1.82) is 5.26 Å². The molecule has 0 bridgehead atoms. The van der Waals surface area contributed by atoms with E-state index in [0.717, 1.165) is 0 Å². The second-order valence-corrected chi connectivity index (χ2v) is 4.78. The second-order valence-electron chi connectivity index (χ2n) is 2.96. The highest BCUT2D eigenvalue weighted by atomic mass is 32.2. The zero-order chi connectivity index (χ0) is 9.78. The number of aliphatic carboxylic acids is 1. The Labute approximate surface area is 76.8 Å². The van der Waals surface area contributed by atoms with E-state index < -0.39 is 10.7 Å². The summed E-state index contributed by atoms with van der Waals surface area (Å²) in [5.74, 6) is -0.874. The average molecular weight is 187 g/mol. The van der Waals surface area contributed by atoms with Gasteiger partial charge >= 0.3 is 5.97 Å². The minimum absolute atomic E-state index is 0.226. The highest BCUT2D eigenvalue weighted by molar-refractivity contribution is 8.02. The second kappa shape index (κ2) is 4.36. The highest BCUT2D eigenvalue weighted by Gasteiger charge is 2.30. The van der Waals surface area contributed by atoms with E-state index in [1.165, 1.54) is 11.8 Å². The van der Waals surface area contributed by atoms with Gasteiger partial charge in [0.25, 0.3) is 0 Å². The van der Waals surface area contributed by atoms with Gasteiger partial charge in [-0.2, -0.15) is 5.26 Å². The number of hydrogen-bond acceptors (Lipinski definition) is 3. The Morgan fingerprint density at radius 3 is 2.50 bits per heavy atom. The van der Waals surface area contributed by atoms with E-state index >= 15 is 0 Å². The minimum Gasteiger partial charge on any atom is -0.480 e. The summed E-state index contributed by atoms with van der Waals surface area (Å²) in [4.78, 5) is 10.7. The number of carboxylic acids is 1. The quantitative estimate of drug-likeness (QED) is 0.730. The third kappa shape index (κ3) is 3.14. The van der Waals surface area contributed by atoms with Gasteiger partial charge in [0.1, 0.15) is 4.75 Å². The highest BCUT2D eigenvalue weighted by Crippen LogP contribution is 2.30. The van der Waals surface area contributed by atoms with E-state index in [-0.39, 0.29) is 5.25 Å². The molecule has 0 aromatic heterocycles. The summed E-state index contributed by atoms with van der Waals surface area (Å²) in [5.41, 5.74) is 0. The van der Waals surface area contributed by atoms with Crippen LogP contribution in [0.3, 0.4) is 0 Å². The van der Waals surface area contributed by atoms with Crippen LogP contribution in [0.25, 0.3) is 0 Å². The molecule has 12 heavy (non-hydrogen) atoms. The standard InChI is InChI=1S/C8H13NO2S/c1-4-6(5-9)12-8(2,3)7(10)11/h6H,4H2,1-3H3,(H,10,11). The lowest BCUT2D eigenvalue weighted by atomic mass is 10.2. The Balaban J connectivity index is 4.24. The van der Waals surface area contributed by atoms with Crippen LogP contribution in [0.4, 0.5) is 0 Å². The number of carboxylic acid groups (broad SMARTS) is 1. The summed E-state index contributed by atoms with van der Waals surface area (Å²) in [6.07, 6.45) is 0.678. The number of carbonyl (C=O) groups is 1. The summed E-state index contributed by atoms with van der Waals surface area (Å²) in [5, 5.41) is 17.1. The Morgan fingerprint density at radius 2 is 2.25 bits per heavy atom. The van der Waals surface area contributed by atoms with Crippen LogP contribution in [0.15, 0.2) is 0 Å². The van der Waals surface area contributed by atoms with Gasteiger partial charge in [0.2, 0.25) is 0 Å². The Hall–Kier alpha value is -0.690. The van der Waals surface area contributed by atoms with Crippen LogP contribution in [-0.2, 0) is 4.79 Å². The van der Waals surface area contributed by atoms with Crippen molar-refractivity contribution in [3.05, 3.63) is 0 Å². The molecule has 0 aromatic rings. The smallest absolute Gasteiger partial charge is 0.319 e. The molecule has 0 aliphatic rings. The third-order valence-electron chi connectivity index (χ3n) is 1.47. The number of hydrogen-bond donors (Lipinski definition) is 1. The van der Waals surface area contributed by atoms with Crippen molar-refractivity contribution in [2.75, 3.05) is 0 Å². The number of rotatable bonds is 4. The molecule has 0 aromatic carbocycles. The van der Waals surface area contributed by atoms with Crippen molar-refractivity contribution in [1.82, 2.24) is 0 Å². The maximum atomic E-state index is 10.7. The molecule has 0 rings (SSSR count). The van der Waals surface area contributed by atoms with Crippen LogP contribution in [-0.4, -0.2) is 21.1 Å². The maximum absolute atomic E-state index is 10.7. The normalized spacial score (nSPS) is 13.5. The van der Waals surface area contributed by atoms with Crippen LogP contribution < -0.4 is 0 Å². The van der Waals surface area contributed by atoms with Crippen molar-refractivity contribution in [3.63, 3.8) is 0 Å². The van der Waals surface area contributed by atoms with E-state index in [0.29, 0.717) is 6.42 Å². The van der Waals surface area contributed by atoms with Crippen LogP contribution in [0.2, 0.25) is 0 Å². The molecule has 3 nitrogen and oxygen atoms in total. The fraction of sp³-hybridized carbons (Fsp3) is 0.750. The van der Waals surface area contributed by atoms with Gasteiger partial charge in [-0.25, -0.2) is 0 Å². The van der Waals surface area contributed by atoms with E-state index in [9.17, 15) is 4.79 Å². The van der Waals surface area contributed by atoms with E-state index in [1.807, 2.05) is 6.92 Å². The Bertz CT molecular complexity index is 208. The van der Waals surface area contributed by atoms with Crippen LogP contribution in [0, 0.1) is 11.3 Å². The zero-order valence-electron chi connectivity index (χ0n) is 7.50. The maximum Gasteiger partial charge on any atom is 0.319 e. The van der Waals surface area contributed by atoms with E-state index in [2.05, 4.69) is 6.07 Å². The topological polar surface area (TPSA) is 61.1 Å². The first-order chi connectivity index (χ1) is 5.44. The predicted molar refractivity (Wildman–Crippen MR) is 49.0 cm³/mol. The largest absolute Gasteiger partial charge is 0.480 e. The number of thioether (sulfide) groups is 1. The molecule has 1 atom stereocenters. The molecule has 0 spiro atoms. The average Bonchev–Trinajstić information content (AvgIpc) is 2.00. The summed E-state index contributed by atoms with van der Waals surface area (Å²) in [6.45, 7) is 5.10. The van der Waals surface area contributed by atoms with Crippen molar-refractivity contribution >= 4 is 17.7 Å². The minimum atomic E-state index is -0.874. The first-order valence-electron chi connectivity index (χ1n) is 3.75. The van der Waals surface area contributed by atoms with Gasteiger partial charge < -0.3 is 5.11 Å². The lowest BCUT2D eigenvalue weighted by Crippen LogP contribution is -2.29. The van der Waals surface area contributed by atoms with Gasteiger partial charge in [0.05, 0.1) is 11.3 Å². The molecule has 0 heterocycles. The molecule has 1 N–H and O–H groups in total. The van der Waals surface area contributed by atoms with Gasteiger partial charge in [-0.3, -0.25) is 4.79 Å². The number of nitriles is 1. The molecule has 0 aliphatic heterocycles. The van der Waals surface area contributed by atoms with E-state index in [4.69, 9.17) is 10.4 Å². The van der Waals surface area contributed by atoms with E-state index in [1.54, 1.807) is 13.8 Å². The van der Waals surface area contributed by atoms with Crippen molar-refractivity contribution in [2.24, 2.45) is 0 Å². The van der Waals surface area contributed by atoms with Crippen LogP contribution >= 0.6 is 11.8 Å². The fourth-order valence-corrected chi connectivity index (χ4v) is 1.64. The monoisotopic (exact) mass is 187 g/mol. The molecule has 0 amide bonds. The zero-order valence-corrected chi connectivity index (χ0v) is 8.31. The molecular weight excluding hydrogens is 174 g/mol. The fourth-order valence-electron chi connectivity index (χ4n) is 0.607. The van der Waals surface area contributed by atoms with Crippen molar-refractivity contribution in [2.45, 2.75) is 37.2 Å². The molecule has 68 valence electrons. The first-order valence-corrected chi connectivity index (χ1v) is 4.62. The lowest BCUT2D eigenvalue weighted by molar-refractivity contribution is -0.138. The molecule has 0 saturated carbocycles. The lowest BCUT2D eigenvalue weighted by Gasteiger charge is -2.20. The summed E-state index contributed by atoms with van der Waals surface area (Å²) in [6, 6.07) is 2.06. The molecule has 0 radical (unpaired) electrons. The summed E-state index contributed by atoms with van der Waals surface area (Å²) >= 11 is 1.19. The SMILES string of the molecule is CCC(C#N)SC(C)(C)C(=O)O. The van der Waals surface area contributed by atoms with Crippen LogP contribution in [0.5, 0.6) is 0 Å². The molecule has 0 aliphatic carbocycles. The predicted octanol–water partition coefficient (Wildman–Crippen LogP) is 1.88. The number of nitrogens with zero attached hydrogens (tertiary/aromatic N) is 1. The van der Waals surface area contributed by atoms with Crippen molar-refractivity contribution < 1.29 is 9.90 Å². The molecule has 1 unspecified atom stereocenters. The molecule has 0 saturated heterocycles. The van der Waals surface area contributed by atoms with Gasteiger partial charge in [-0.05, 0) is 20.3 Å². The van der Waals surface area contributed by atoms with Gasteiger partial charge in [0, 0.05) is 0 Å². The van der Waals surface area contributed by atoms with Crippen molar-refractivity contribution in [3.8, 4) is 6.07 Å². The van der Waals surface area contributed by atoms with Crippen LogP contribution in [0.1, 0.15) is 27.2 Å². The van der Waals surface area contributed by atoms with Gasteiger partial charge in [0.15, 0.2) is 0 Å². The molecule has 4 heteroatoms. The van der Waals surface area contributed by atoms with Gasteiger partial charge in [-0.1, -0.05) is 6.92 Å². The van der Waals surface area contributed by atoms with Gasteiger partial charge in [-0.15, -0.1) is 11.8 Å². The molecular formula is C8H13NO2S. The first kappa shape index (κ1) is 11.3.